The molecule has 0 radical (unpaired) electrons. The first-order chi connectivity index (χ1) is 5.95. The summed E-state index contributed by atoms with van der Waals surface area (Å²) in [7, 11) is -2.91. The van der Waals surface area contributed by atoms with E-state index < -0.39 is 15.9 Å². The van der Waals surface area contributed by atoms with Crippen LogP contribution >= 0.6 is 0 Å². The lowest BCUT2D eigenvalue weighted by Crippen LogP contribution is -1.99. The first-order valence-corrected chi connectivity index (χ1v) is 6.21. The van der Waals surface area contributed by atoms with Crippen LogP contribution in [0.5, 0.6) is 0 Å². The van der Waals surface area contributed by atoms with E-state index in [2.05, 4.69) is 0 Å². The normalized spacial score (nSPS) is 15.6. The summed E-state index contributed by atoms with van der Waals surface area (Å²) in [6.45, 7) is 1.87. The maximum atomic E-state index is 10.7. The third kappa shape index (κ3) is 9.30. The summed E-state index contributed by atoms with van der Waals surface area (Å²) in [4.78, 5) is 0. The molecule has 0 fully saturated rings. The average Bonchev–Trinajstić information content (AvgIpc) is 2.01. The van der Waals surface area contributed by atoms with Crippen molar-refractivity contribution in [1.82, 2.24) is 0 Å². The van der Waals surface area contributed by atoms with Crippen LogP contribution in [0.4, 0.5) is 0 Å². The minimum absolute atomic E-state index is 0.0412. The highest BCUT2D eigenvalue weighted by atomic mass is 32.2. The molecule has 0 spiro atoms. The smallest absolute Gasteiger partial charge is 0.151 e. The van der Waals surface area contributed by atoms with Crippen LogP contribution in [0.25, 0.3) is 0 Å². The zero-order valence-electron chi connectivity index (χ0n) is 7.97. The fraction of sp³-hybridized carbons (Fsp3) is 0.556. The van der Waals surface area contributed by atoms with Crippen molar-refractivity contribution >= 4 is 9.84 Å². The van der Waals surface area contributed by atoms with Gasteiger partial charge in [-0.15, -0.1) is 0 Å². The van der Waals surface area contributed by atoms with Crippen LogP contribution in [0.3, 0.4) is 0 Å². The van der Waals surface area contributed by atoms with Gasteiger partial charge >= 0.3 is 0 Å². The Kier molecular flexibility index (Phi) is 5.66. The van der Waals surface area contributed by atoms with Crippen LogP contribution in [0.1, 0.15) is 13.3 Å². The molecular formula is C9H16O3S. The zero-order chi connectivity index (χ0) is 10.3. The standard InChI is InChI=1S/C9H16O3S/c1-3-9(10)7-5-4-6-8-13(2,11)12/h4-7,9-10H,3,8H2,1-2H3/b6-4+,7-5+. The van der Waals surface area contributed by atoms with E-state index in [1.165, 1.54) is 6.26 Å². The molecule has 0 aliphatic rings. The van der Waals surface area contributed by atoms with E-state index in [9.17, 15) is 8.42 Å². The van der Waals surface area contributed by atoms with Crippen LogP contribution in [-0.4, -0.2) is 31.6 Å². The molecule has 1 unspecified atom stereocenters. The van der Waals surface area contributed by atoms with Gasteiger partial charge in [-0.1, -0.05) is 31.2 Å². The topological polar surface area (TPSA) is 54.4 Å². The van der Waals surface area contributed by atoms with Crippen LogP contribution < -0.4 is 0 Å². The molecule has 76 valence electrons. The van der Waals surface area contributed by atoms with Gasteiger partial charge in [0.1, 0.15) is 0 Å². The predicted octanol–water partition coefficient (Wildman–Crippen LogP) is 0.914. The van der Waals surface area contributed by atoms with Crippen molar-refractivity contribution in [2.45, 2.75) is 19.4 Å². The summed E-state index contributed by atoms with van der Waals surface area (Å²) in [5.74, 6) is 0.0412. The van der Waals surface area contributed by atoms with E-state index >= 15 is 0 Å². The third-order valence-electron chi connectivity index (χ3n) is 1.40. The number of rotatable bonds is 5. The molecule has 0 aromatic rings. The van der Waals surface area contributed by atoms with Gasteiger partial charge in [0.25, 0.3) is 0 Å². The maximum absolute atomic E-state index is 10.7. The van der Waals surface area contributed by atoms with Crippen molar-refractivity contribution < 1.29 is 13.5 Å². The molecule has 0 saturated carbocycles. The van der Waals surface area contributed by atoms with Gasteiger partial charge in [-0.05, 0) is 6.42 Å². The summed E-state index contributed by atoms with van der Waals surface area (Å²) in [5.41, 5.74) is 0. The van der Waals surface area contributed by atoms with E-state index in [0.717, 1.165) is 0 Å². The third-order valence-corrected chi connectivity index (χ3v) is 2.20. The Labute approximate surface area is 79.7 Å². The summed E-state index contributed by atoms with van der Waals surface area (Å²) in [5, 5.41) is 9.08. The quantitative estimate of drug-likeness (QED) is 0.677. The van der Waals surface area contributed by atoms with E-state index in [0.29, 0.717) is 6.42 Å². The van der Waals surface area contributed by atoms with Crippen molar-refractivity contribution in [1.29, 1.82) is 0 Å². The van der Waals surface area contributed by atoms with Gasteiger partial charge in [0, 0.05) is 6.26 Å². The molecule has 0 aromatic heterocycles. The summed E-state index contributed by atoms with van der Waals surface area (Å²) < 4.78 is 21.3. The SMILES string of the molecule is CCC(O)/C=C/C=C/CS(C)(=O)=O. The lowest BCUT2D eigenvalue weighted by molar-refractivity contribution is 0.219. The second kappa shape index (κ2) is 5.94. The molecule has 13 heavy (non-hydrogen) atoms. The molecule has 0 saturated heterocycles. The van der Waals surface area contributed by atoms with E-state index in [1.807, 2.05) is 6.92 Å². The molecule has 1 atom stereocenters. The van der Waals surface area contributed by atoms with Gasteiger partial charge in [-0.2, -0.15) is 0 Å². The Morgan fingerprint density at radius 3 is 2.46 bits per heavy atom. The Morgan fingerprint density at radius 1 is 1.38 bits per heavy atom. The van der Waals surface area contributed by atoms with Crippen LogP contribution in [0.2, 0.25) is 0 Å². The van der Waals surface area contributed by atoms with E-state index in [-0.39, 0.29) is 5.75 Å². The fourth-order valence-electron chi connectivity index (χ4n) is 0.637. The Balaban J connectivity index is 3.83. The molecule has 0 amide bonds. The molecule has 0 heterocycles. The van der Waals surface area contributed by atoms with Crippen molar-refractivity contribution in [3.05, 3.63) is 24.3 Å². The first-order valence-electron chi connectivity index (χ1n) is 4.15. The summed E-state index contributed by atoms with van der Waals surface area (Å²) in [6.07, 6.45) is 7.85. The minimum atomic E-state index is -2.91. The largest absolute Gasteiger partial charge is 0.389 e. The highest BCUT2D eigenvalue weighted by molar-refractivity contribution is 7.90. The molecular weight excluding hydrogens is 188 g/mol. The molecule has 0 rings (SSSR count). The number of sulfone groups is 1. The van der Waals surface area contributed by atoms with Crippen molar-refractivity contribution in [2.75, 3.05) is 12.0 Å². The molecule has 0 bridgehead atoms. The van der Waals surface area contributed by atoms with Gasteiger partial charge < -0.3 is 5.11 Å². The second-order valence-electron chi connectivity index (χ2n) is 2.88. The number of hydrogen-bond acceptors (Lipinski definition) is 3. The van der Waals surface area contributed by atoms with Crippen molar-refractivity contribution in [2.24, 2.45) is 0 Å². The van der Waals surface area contributed by atoms with Gasteiger partial charge in [0.05, 0.1) is 11.9 Å². The minimum Gasteiger partial charge on any atom is -0.389 e. The van der Waals surface area contributed by atoms with Gasteiger partial charge in [0.2, 0.25) is 0 Å². The molecule has 4 heteroatoms. The highest BCUT2D eigenvalue weighted by Gasteiger charge is 1.95. The summed E-state index contributed by atoms with van der Waals surface area (Å²) in [6, 6.07) is 0. The lowest BCUT2D eigenvalue weighted by atomic mass is 10.2. The number of hydrogen-bond donors (Lipinski definition) is 1. The Hall–Kier alpha value is -0.610. The number of aliphatic hydroxyl groups is 1. The van der Waals surface area contributed by atoms with Crippen LogP contribution in [0.15, 0.2) is 24.3 Å². The number of allylic oxidation sites excluding steroid dienone is 2. The summed E-state index contributed by atoms with van der Waals surface area (Å²) >= 11 is 0. The van der Waals surface area contributed by atoms with E-state index in [4.69, 9.17) is 5.11 Å². The van der Waals surface area contributed by atoms with Crippen LogP contribution in [0, 0.1) is 0 Å². The first kappa shape index (κ1) is 12.4. The van der Waals surface area contributed by atoms with Gasteiger partial charge in [0.15, 0.2) is 9.84 Å². The van der Waals surface area contributed by atoms with Crippen LogP contribution in [-0.2, 0) is 9.84 Å². The van der Waals surface area contributed by atoms with Crippen molar-refractivity contribution in [3.8, 4) is 0 Å². The molecule has 0 aromatic carbocycles. The van der Waals surface area contributed by atoms with Crippen molar-refractivity contribution in [3.63, 3.8) is 0 Å². The lowest BCUT2D eigenvalue weighted by Gasteiger charge is -1.96. The van der Waals surface area contributed by atoms with Gasteiger partial charge in [-0.25, -0.2) is 8.42 Å². The Morgan fingerprint density at radius 2 is 2.00 bits per heavy atom. The molecule has 0 aliphatic carbocycles. The predicted molar refractivity (Wildman–Crippen MR) is 54.3 cm³/mol. The average molecular weight is 204 g/mol. The fourth-order valence-corrected chi connectivity index (χ4v) is 1.10. The molecule has 3 nitrogen and oxygen atoms in total. The number of aliphatic hydroxyl groups excluding tert-OH is 1. The maximum Gasteiger partial charge on any atom is 0.151 e. The monoisotopic (exact) mass is 204 g/mol. The second-order valence-corrected chi connectivity index (χ2v) is 5.07. The molecule has 1 N–H and O–H groups in total. The van der Waals surface area contributed by atoms with E-state index in [1.54, 1.807) is 24.3 Å². The Bertz CT molecular complexity index is 275. The highest BCUT2D eigenvalue weighted by Crippen LogP contribution is 1.92. The van der Waals surface area contributed by atoms with Gasteiger partial charge in [-0.3, -0.25) is 0 Å². The molecule has 0 aliphatic heterocycles. The zero-order valence-corrected chi connectivity index (χ0v) is 8.79.